The molecule has 0 spiro atoms. The number of hydrogen-bond donors (Lipinski definition) is 0. The highest BCUT2D eigenvalue weighted by molar-refractivity contribution is 5.86. The fourth-order valence-corrected chi connectivity index (χ4v) is 4.59. The van der Waals surface area contributed by atoms with Crippen LogP contribution in [0.5, 0.6) is 0 Å². The number of benzene rings is 1. The van der Waals surface area contributed by atoms with Crippen LogP contribution in [-0.2, 0) is 16.1 Å². The number of carbonyl (C=O) groups excluding carboxylic acids is 1. The number of rotatable bonds is 3. The van der Waals surface area contributed by atoms with Gasteiger partial charge in [0.2, 0.25) is 5.91 Å². The molecule has 0 unspecified atom stereocenters. The van der Waals surface area contributed by atoms with Crippen LogP contribution >= 0.6 is 0 Å². The lowest BCUT2D eigenvalue weighted by Gasteiger charge is -2.36. The van der Waals surface area contributed by atoms with E-state index in [1.807, 2.05) is 11.0 Å². The smallest absolute Gasteiger partial charge is 0.243 e. The molecule has 0 N–H and O–H groups in total. The molecule has 4 rings (SSSR count). The third kappa shape index (κ3) is 3.05. The van der Waals surface area contributed by atoms with Crippen molar-refractivity contribution in [3.8, 4) is 6.07 Å². The molecule has 132 valence electrons. The van der Waals surface area contributed by atoms with Crippen LogP contribution in [0.25, 0.3) is 0 Å². The number of ether oxygens (including phenoxy) is 1. The van der Waals surface area contributed by atoms with Crippen molar-refractivity contribution in [2.45, 2.75) is 44.4 Å². The molecule has 2 heterocycles. The minimum atomic E-state index is -0.780. The third-order valence-electron chi connectivity index (χ3n) is 6.01. The molecule has 1 amide bonds. The monoisotopic (exact) mass is 339 g/mol. The van der Waals surface area contributed by atoms with Crippen LogP contribution in [0.4, 0.5) is 0 Å². The van der Waals surface area contributed by atoms with Crippen LogP contribution in [0.1, 0.15) is 31.2 Å². The second kappa shape index (κ2) is 6.78. The molecular weight excluding hydrogens is 314 g/mol. The number of nitriles is 1. The van der Waals surface area contributed by atoms with Gasteiger partial charge in [-0.15, -0.1) is 0 Å². The summed E-state index contributed by atoms with van der Waals surface area (Å²) < 4.78 is 5.96. The molecule has 0 radical (unpaired) electrons. The van der Waals surface area contributed by atoms with E-state index in [4.69, 9.17) is 4.74 Å². The molecule has 1 aromatic carbocycles. The number of morpholine rings is 1. The highest BCUT2D eigenvalue weighted by atomic mass is 16.5. The van der Waals surface area contributed by atoms with Gasteiger partial charge in [-0.05, 0) is 18.4 Å². The quantitative estimate of drug-likeness (QED) is 0.847. The van der Waals surface area contributed by atoms with Gasteiger partial charge in [-0.25, -0.2) is 0 Å². The van der Waals surface area contributed by atoms with E-state index in [9.17, 15) is 10.1 Å². The molecule has 2 saturated heterocycles. The molecule has 1 saturated carbocycles. The summed E-state index contributed by atoms with van der Waals surface area (Å²) in [6.07, 6.45) is 3.46. The van der Waals surface area contributed by atoms with Gasteiger partial charge >= 0.3 is 0 Å². The van der Waals surface area contributed by atoms with Crippen LogP contribution in [0, 0.1) is 16.7 Å². The van der Waals surface area contributed by atoms with Crippen LogP contribution in [0.15, 0.2) is 30.3 Å². The van der Waals surface area contributed by atoms with Crippen LogP contribution in [0.3, 0.4) is 0 Å². The Hall–Kier alpha value is -1.90. The zero-order valence-electron chi connectivity index (χ0n) is 14.6. The highest BCUT2D eigenvalue weighted by Gasteiger charge is 2.49. The Morgan fingerprint density at radius 2 is 2.00 bits per heavy atom. The maximum atomic E-state index is 13.0. The van der Waals surface area contributed by atoms with Crippen molar-refractivity contribution < 1.29 is 9.53 Å². The molecule has 2 atom stereocenters. The van der Waals surface area contributed by atoms with E-state index in [2.05, 4.69) is 35.2 Å². The predicted molar refractivity (Wildman–Crippen MR) is 93.5 cm³/mol. The van der Waals surface area contributed by atoms with E-state index in [0.717, 1.165) is 25.9 Å². The summed E-state index contributed by atoms with van der Waals surface area (Å²) in [7, 11) is 0. The number of fused-ring (bicyclic) bond motifs is 1. The number of amides is 1. The first-order chi connectivity index (χ1) is 12.2. The zero-order valence-corrected chi connectivity index (χ0v) is 14.6. The lowest BCUT2D eigenvalue weighted by atomic mass is 9.86. The first kappa shape index (κ1) is 16.6. The van der Waals surface area contributed by atoms with Gasteiger partial charge in [0.1, 0.15) is 5.41 Å². The predicted octanol–water partition coefficient (Wildman–Crippen LogP) is 2.18. The Kier molecular flexibility index (Phi) is 4.49. The molecule has 5 nitrogen and oxygen atoms in total. The maximum absolute atomic E-state index is 13.0. The van der Waals surface area contributed by atoms with Crippen molar-refractivity contribution >= 4 is 5.91 Å². The average molecular weight is 339 g/mol. The molecule has 25 heavy (non-hydrogen) atoms. The summed E-state index contributed by atoms with van der Waals surface area (Å²) >= 11 is 0. The van der Waals surface area contributed by atoms with E-state index in [-0.39, 0.29) is 18.1 Å². The van der Waals surface area contributed by atoms with Gasteiger partial charge in [0.25, 0.3) is 0 Å². The normalized spacial score (nSPS) is 28.5. The van der Waals surface area contributed by atoms with E-state index < -0.39 is 5.41 Å². The van der Waals surface area contributed by atoms with Crippen molar-refractivity contribution in [2.75, 3.05) is 26.2 Å². The summed E-state index contributed by atoms with van der Waals surface area (Å²) in [5.74, 6) is 0.0326. The van der Waals surface area contributed by atoms with Gasteiger partial charge in [0, 0.05) is 26.2 Å². The summed E-state index contributed by atoms with van der Waals surface area (Å²) in [6, 6.07) is 13.0. The summed E-state index contributed by atoms with van der Waals surface area (Å²) in [6.45, 7) is 3.79. The fourth-order valence-electron chi connectivity index (χ4n) is 4.59. The van der Waals surface area contributed by atoms with Gasteiger partial charge < -0.3 is 9.64 Å². The summed E-state index contributed by atoms with van der Waals surface area (Å²) in [4.78, 5) is 17.4. The van der Waals surface area contributed by atoms with Crippen molar-refractivity contribution in [3.05, 3.63) is 35.9 Å². The zero-order chi connectivity index (χ0) is 17.3. The topological polar surface area (TPSA) is 56.6 Å². The molecule has 0 bridgehead atoms. The second-order valence-electron chi connectivity index (χ2n) is 7.54. The average Bonchev–Trinajstić information content (AvgIpc) is 3.30. The third-order valence-corrected chi connectivity index (χ3v) is 6.01. The first-order valence-electron chi connectivity index (χ1n) is 9.32. The SMILES string of the molecule is N#CC1(C(=O)N2C[C@@H]3[C@@H](C2)OCCN3Cc2ccccc2)CCCC1. The largest absolute Gasteiger partial charge is 0.373 e. The maximum Gasteiger partial charge on any atom is 0.243 e. The number of nitrogens with zero attached hydrogens (tertiary/aromatic N) is 3. The number of likely N-dealkylation sites (tertiary alicyclic amines) is 1. The molecular formula is C20H25N3O2. The second-order valence-corrected chi connectivity index (χ2v) is 7.54. The van der Waals surface area contributed by atoms with Crippen molar-refractivity contribution in [1.82, 2.24) is 9.80 Å². The van der Waals surface area contributed by atoms with Crippen LogP contribution in [-0.4, -0.2) is 54.1 Å². The molecule has 1 aliphatic carbocycles. The fraction of sp³-hybridized carbons (Fsp3) is 0.600. The van der Waals surface area contributed by atoms with Crippen molar-refractivity contribution in [2.24, 2.45) is 5.41 Å². The van der Waals surface area contributed by atoms with Gasteiger partial charge in [-0.2, -0.15) is 5.26 Å². The van der Waals surface area contributed by atoms with E-state index in [1.165, 1.54) is 5.56 Å². The Morgan fingerprint density at radius 3 is 2.72 bits per heavy atom. The molecule has 2 aliphatic heterocycles. The van der Waals surface area contributed by atoms with Crippen LogP contribution < -0.4 is 0 Å². The Balaban J connectivity index is 1.47. The number of hydrogen-bond acceptors (Lipinski definition) is 4. The standard InChI is InChI=1S/C20H25N3O2/c21-15-20(8-4-5-9-20)19(24)23-13-17-18(14-23)25-11-10-22(17)12-16-6-2-1-3-7-16/h1-3,6-7,17-18H,4-5,8-14H2/t17-,18-/m1/s1. The van der Waals surface area contributed by atoms with Gasteiger partial charge in [-0.1, -0.05) is 43.2 Å². The lowest BCUT2D eigenvalue weighted by molar-refractivity contribution is -0.138. The molecule has 3 fully saturated rings. The van der Waals surface area contributed by atoms with Crippen molar-refractivity contribution in [3.63, 3.8) is 0 Å². The van der Waals surface area contributed by atoms with Crippen molar-refractivity contribution in [1.29, 1.82) is 5.26 Å². The van der Waals surface area contributed by atoms with Gasteiger partial charge in [-0.3, -0.25) is 9.69 Å². The minimum Gasteiger partial charge on any atom is -0.373 e. The highest BCUT2D eigenvalue weighted by Crippen LogP contribution is 2.40. The lowest BCUT2D eigenvalue weighted by Crippen LogP contribution is -2.50. The minimum absolute atomic E-state index is 0.0326. The molecule has 3 aliphatic rings. The Bertz CT molecular complexity index is 663. The Labute approximate surface area is 149 Å². The van der Waals surface area contributed by atoms with Gasteiger partial charge in [0.15, 0.2) is 0 Å². The van der Waals surface area contributed by atoms with E-state index >= 15 is 0 Å². The Morgan fingerprint density at radius 1 is 1.24 bits per heavy atom. The first-order valence-corrected chi connectivity index (χ1v) is 9.32. The molecule has 5 heteroatoms. The molecule has 1 aromatic rings. The van der Waals surface area contributed by atoms with Gasteiger partial charge in [0.05, 0.1) is 24.8 Å². The summed E-state index contributed by atoms with van der Waals surface area (Å²) in [5, 5.41) is 9.61. The van der Waals surface area contributed by atoms with Crippen LogP contribution in [0.2, 0.25) is 0 Å². The summed E-state index contributed by atoms with van der Waals surface area (Å²) in [5.41, 5.74) is 0.509. The molecule has 0 aromatic heterocycles. The van der Waals surface area contributed by atoms with E-state index in [1.54, 1.807) is 0 Å². The number of carbonyl (C=O) groups is 1. The van der Waals surface area contributed by atoms with E-state index in [0.29, 0.717) is 32.5 Å².